The maximum absolute atomic E-state index is 13.6. The second-order valence-corrected chi connectivity index (χ2v) is 7.23. The molecule has 0 radical (unpaired) electrons. The van der Waals surface area contributed by atoms with Gasteiger partial charge in [0.1, 0.15) is 4.90 Å². The van der Waals surface area contributed by atoms with Crippen LogP contribution in [-0.4, -0.2) is 26.0 Å². The number of thioether (sulfide) groups is 1. The SMILES string of the molecule is Nc1cc(F)c(F)c(S(=O)(=O)NC2CCSCC2)c1. The van der Waals surface area contributed by atoms with Crippen molar-refractivity contribution in [2.45, 2.75) is 23.8 Å². The number of nitrogen functional groups attached to an aromatic ring is 1. The fourth-order valence-electron chi connectivity index (χ4n) is 1.88. The van der Waals surface area contributed by atoms with Gasteiger partial charge in [0.2, 0.25) is 10.0 Å². The standard InChI is InChI=1S/C11H14F2N2O2S2/c12-9-5-7(14)6-10(11(9)13)19(16,17)15-8-1-3-18-4-2-8/h5-6,8,15H,1-4,14H2. The van der Waals surface area contributed by atoms with Gasteiger partial charge in [-0.05, 0) is 36.5 Å². The Morgan fingerprint density at radius 2 is 1.89 bits per heavy atom. The van der Waals surface area contributed by atoms with Gasteiger partial charge in [0.25, 0.3) is 0 Å². The maximum atomic E-state index is 13.6. The molecule has 1 aromatic rings. The summed E-state index contributed by atoms with van der Waals surface area (Å²) in [6, 6.07) is 1.44. The van der Waals surface area contributed by atoms with Crippen molar-refractivity contribution in [2.75, 3.05) is 17.2 Å². The number of anilines is 1. The average Bonchev–Trinajstić information content (AvgIpc) is 2.34. The third-order valence-electron chi connectivity index (χ3n) is 2.85. The number of rotatable bonds is 3. The summed E-state index contributed by atoms with van der Waals surface area (Å²) in [6.45, 7) is 0. The summed E-state index contributed by atoms with van der Waals surface area (Å²) in [6.07, 6.45) is 1.35. The normalized spacial score (nSPS) is 17.6. The first-order valence-corrected chi connectivity index (χ1v) is 8.38. The van der Waals surface area contributed by atoms with Gasteiger partial charge in [0.05, 0.1) is 0 Å². The zero-order valence-corrected chi connectivity index (χ0v) is 11.7. The molecule has 19 heavy (non-hydrogen) atoms. The molecule has 1 aliphatic heterocycles. The molecular formula is C11H14F2N2O2S2. The first kappa shape index (κ1) is 14.5. The van der Waals surface area contributed by atoms with Crippen LogP contribution in [0.1, 0.15) is 12.8 Å². The second-order valence-electron chi connectivity index (χ2n) is 4.32. The van der Waals surface area contributed by atoms with Crippen molar-refractivity contribution < 1.29 is 17.2 Å². The Labute approximate surface area is 114 Å². The first-order chi connectivity index (χ1) is 8.90. The molecule has 1 aliphatic rings. The van der Waals surface area contributed by atoms with Gasteiger partial charge in [-0.3, -0.25) is 0 Å². The number of hydrogen-bond donors (Lipinski definition) is 2. The molecule has 1 saturated heterocycles. The first-order valence-electron chi connectivity index (χ1n) is 5.75. The smallest absolute Gasteiger partial charge is 0.243 e. The van der Waals surface area contributed by atoms with E-state index in [1.807, 2.05) is 0 Å². The van der Waals surface area contributed by atoms with Crippen LogP contribution in [0, 0.1) is 11.6 Å². The van der Waals surface area contributed by atoms with E-state index in [0.717, 1.165) is 23.6 Å². The van der Waals surface area contributed by atoms with Crippen LogP contribution in [0.25, 0.3) is 0 Å². The molecule has 8 heteroatoms. The van der Waals surface area contributed by atoms with Crippen molar-refractivity contribution in [3.8, 4) is 0 Å². The van der Waals surface area contributed by atoms with E-state index in [-0.39, 0.29) is 11.7 Å². The van der Waals surface area contributed by atoms with E-state index in [4.69, 9.17) is 5.73 Å². The predicted molar refractivity (Wildman–Crippen MR) is 71.4 cm³/mol. The van der Waals surface area contributed by atoms with Crippen LogP contribution in [-0.2, 0) is 10.0 Å². The zero-order chi connectivity index (χ0) is 14.0. The summed E-state index contributed by atoms with van der Waals surface area (Å²) >= 11 is 1.74. The average molecular weight is 308 g/mol. The monoisotopic (exact) mass is 308 g/mol. The fourth-order valence-corrected chi connectivity index (χ4v) is 4.41. The highest BCUT2D eigenvalue weighted by Crippen LogP contribution is 2.23. The van der Waals surface area contributed by atoms with Crippen LogP contribution in [0.15, 0.2) is 17.0 Å². The van der Waals surface area contributed by atoms with Gasteiger partial charge >= 0.3 is 0 Å². The molecule has 1 heterocycles. The van der Waals surface area contributed by atoms with Gasteiger partial charge in [-0.1, -0.05) is 0 Å². The number of hydrogen-bond acceptors (Lipinski definition) is 4. The minimum absolute atomic E-state index is 0.126. The van der Waals surface area contributed by atoms with E-state index in [9.17, 15) is 17.2 Å². The van der Waals surface area contributed by atoms with Crippen molar-refractivity contribution in [3.63, 3.8) is 0 Å². The summed E-state index contributed by atoms with van der Waals surface area (Å²) in [7, 11) is -4.09. The van der Waals surface area contributed by atoms with Gasteiger partial charge in [-0.15, -0.1) is 0 Å². The van der Waals surface area contributed by atoms with E-state index < -0.39 is 26.6 Å². The van der Waals surface area contributed by atoms with Crippen LogP contribution < -0.4 is 10.5 Å². The molecule has 0 saturated carbocycles. The van der Waals surface area contributed by atoms with Crippen molar-refractivity contribution in [3.05, 3.63) is 23.8 Å². The molecule has 0 amide bonds. The van der Waals surface area contributed by atoms with E-state index in [1.54, 1.807) is 11.8 Å². The molecule has 0 aliphatic carbocycles. The summed E-state index contributed by atoms with van der Waals surface area (Å²) in [5.41, 5.74) is 5.23. The Hall–Kier alpha value is -0.860. The van der Waals surface area contributed by atoms with Gasteiger partial charge < -0.3 is 5.73 Å². The van der Waals surface area contributed by atoms with Crippen LogP contribution in [0.4, 0.5) is 14.5 Å². The summed E-state index contributed by atoms with van der Waals surface area (Å²) < 4.78 is 53.3. The van der Waals surface area contributed by atoms with Gasteiger partial charge in [0, 0.05) is 11.7 Å². The molecule has 4 nitrogen and oxygen atoms in total. The van der Waals surface area contributed by atoms with E-state index in [2.05, 4.69) is 4.72 Å². The molecule has 0 bridgehead atoms. The summed E-state index contributed by atoms with van der Waals surface area (Å²) in [5, 5.41) is 0. The summed E-state index contributed by atoms with van der Waals surface area (Å²) in [4.78, 5) is -0.733. The Kier molecular flexibility index (Phi) is 4.32. The number of benzene rings is 1. The van der Waals surface area contributed by atoms with E-state index >= 15 is 0 Å². The molecule has 1 fully saturated rings. The fraction of sp³-hybridized carbons (Fsp3) is 0.455. The maximum Gasteiger partial charge on any atom is 0.243 e. The van der Waals surface area contributed by atoms with Crippen LogP contribution in [0.5, 0.6) is 0 Å². The number of nitrogens with one attached hydrogen (secondary N) is 1. The van der Waals surface area contributed by atoms with Gasteiger partial charge in [-0.25, -0.2) is 21.9 Å². The van der Waals surface area contributed by atoms with Gasteiger partial charge in [0.15, 0.2) is 11.6 Å². The third-order valence-corrected chi connectivity index (χ3v) is 5.42. The highest BCUT2D eigenvalue weighted by atomic mass is 32.2. The third kappa shape index (κ3) is 3.37. The lowest BCUT2D eigenvalue weighted by molar-refractivity contribution is 0.478. The van der Waals surface area contributed by atoms with Crippen molar-refractivity contribution in [1.29, 1.82) is 0 Å². The van der Waals surface area contributed by atoms with Crippen molar-refractivity contribution in [1.82, 2.24) is 4.72 Å². The molecular weight excluding hydrogens is 294 g/mol. The van der Waals surface area contributed by atoms with Crippen molar-refractivity contribution >= 4 is 27.5 Å². The molecule has 1 aromatic carbocycles. The Morgan fingerprint density at radius 1 is 1.26 bits per heavy atom. The molecule has 0 spiro atoms. The molecule has 0 atom stereocenters. The van der Waals surface area contributed by atoms with E-state index in [1.165, 1.54) is 0 Å². The van der Waals surface area contributed by atoms with Crippen LogP contribution >= 0.6 is 11.8 Å². The minimum atomic E-state index is -4.09. The zero-order valence-electron chi connectivity index (χ0n) is 10.0. The highest BCUT2D eigenvalue weighted by molar-refractivity contribution is 7.99. The lowest BCUT2D eigenvalue weighted by Gasteiger charge is -2.22. The Balaban J connectivity index is 2.28. The molecule has 0 aromatic heterocycles. The minimum Gasteiger partial charge on any atom is -0.399 e. The lowest BCUT2D eigenvalue weighted by Crippen LogP contribution is -2.37. The van der Waals surface area contributed by atoms with Crippen molar-refractivity contribution in [2.24, 2.45) is 0 Å². The molecule has 2 rings (SSSR count). The predicted octanol–water partition coefficient (Wildman–Crippen LogP) is 1.72. The van der Waals surface area contributed by atoms with Crippen LogP contribution in [0.3, 0.4) is 0 Å². The number of halogens is 2. The largest absolute Gasteiger partial charge is 0.399 e. The van der Waals surface area contributed by atoms with E-state index in [0.29, 0.717) is 12.8 Å². The number of sulfonamides is 1. The summed E-state index contributed by atoms with van der Waals surface area (Å²) in [5.74, 6) is -0.964. The quantitative estimate of drug-likeness (QED) is 0.834. The molecule has 106 valence electrons. The second kappa shape index (κ2) is 5.64. The Morgan fingerprint density at radius 3 is 2.53 bits per heavy atom. The van der Waals surface area contributed by atoms with Gasteiger partial charge in [-0.2, -0.15) is 11.8 Å². The lowest BCUT2D eigenvalue weighted by atomic mass is 10.2. The number of nitrogens with two attached hydrogens (primary N) is 1. The van der Waals surface area contributed by atoms with Crippen LogP contribution in [0.2, 0.25) is 0 Å². The highest BCUT2D eigenvalue weighted by Gasteiger charge is 2.26. The topological polar surface area (TPSA) is 72.2 Å². The molecule has 3 N–H and O–H groups in total. The Bertz CT molecular complexity index is 572. The molecule has 0 unspecified atom stereocenters.